The molecule has 0 aliphatic heterocycles. The SMILES string of the molecule is Cc1cc(C)c2c(c1)C(=NNc1ncc(Cl)cc1Cl)CCC2. The summed E-state index contributed by atoms with van der Waals surface area (Å²) in [6.07, 6.45) is 4.73. The molecule has 0 atom stereocenters. The molecule has 2 aromatic rings. The van der Waals surface area contributed by atoms with Gasteiger partial charge in [0.25, 0.3) is 0 Å². The molecule has 0 amide bonds. The fourth-order valence-corrected chi connectivity index (χ4v) is 3.31. The van der Waals surface area contributed by atoms with Gasteiger partial charge in [-0.15, -0.1) is 0 Å². The first-order valence-corrected chi connectivity index (χ1v) is 8.04. The minimum absolute atomic E-state index is 0.466. The zero-order valence-electron chi connectivity index (χ0n) is 12.6. The second-order valence-electron chi connectivity index (χ2n) is 5.62. The number of nitrogens with one attached hydrogen (secondary N) is 1. The van der Waals surface area contributed by atoms with Crippen LogP contribution in [0.4, 0.5) is 5.82 Å². The molecule has 0 unspecified atom stereocenters. The summed E-state index contributed by atoms with van der Waals surface area (Å²) in [5.74, 6) is 0.523. The number of aryl methyl sites for hydroxylation is 2. The molecule has 1 aromatic carbocycles. The van der Waals surface area contributed by atoms with Crippen LogP contribution in [0.25, 0.3) is 0 Å². The standard InChI is InChI=1S/C17H17Cl2N3/c1-10-6-11(2)13-4-3-5-16(14(13)7-10)21-22-17-15(19)8-12(18)9-20-17/h6-9H,3-5H2,1-2H3,(H,20,22). The van der Waals surface area contributed by atoms with Crippen LogP contribution < -0.4 is 5.43 Å². The van der Waals surface area contributed by atoms with E-state index < -0.39 is 0 Å². The van der Waals surface area contributed by atoms with Gasteiger partial charge in [0.1, 0.15) is 0 Å². The van der Waals surface area contributed by atoms with Gasteiger partial charge in [-0.1, -0.05) is 34.8 Å². The topological polar surface area (TPSA) is 37.3 Å². The van der Waals surface area contributed by atoms with Gasteiger partial charge in [0, 0.05) is 11.8 Å². The predicted molar refractivity (Wildman–Crippen MR) is 93.3 cm³/mol. The molecule has 1 aromatic heterocycles. The van der Waals surface area contributed by atoms with Crippen LogP contribution in [0.2, 0.25) is 10.0 Å². The average molecular weight is 334 g/mol. The highest BCUT2D eigenvalue weighted by Crippen LogP contribution is 2.27. The molecule has 1 heterocycles. The number of pyridine rings is 1. The lowest BCUT2D eigenvalue weighted by Crippen LogP contribution is -2.15. The molecule has 0 radical (unpaired) electrons. The Morgan fingerprint density at radius 2 is 1.95 bits per heavy atom. The van der Waals surface area contributed by atoms with Gasteiger partial charge >= 0.3 is 0 Å². The average Bonchev–Trinajstić information content (AvgIpc) is 2.46. The number of rotatable bonds is 2. The van der Waals surface area contributed by atoms with E-state index in [1.54, 1.807) is 12.3 Å². The monoisotopic (exact) mass is 333 g/mol. The van der Waals surface area contributed by atoms with E-state index in [2.05, 4.69) is 41.5 Å². The molecular formula is C17H17Cl2N3. The summed E-state index contributed by atoms with van der Waals surface area (Å²) in [7, 11) is 0. The highest BCUT2D eigenvalue weighted by molar-refractivity contribution is 6.35. The summed E-state index contributed by atoms with van der Waals surface area (Å²) in [5.41, 5.74) is 9.26. The van der Waals surface area contributed by atoms with Crippen molar-refractivity contribution in [2.75, 3.05) is 5.43 Å². The number of anilines is 1. The number of hydrogen-bond donors (Lipinski definition) is 1. The van der Waals surface area contributed by atoms with Crippen molar-refractivity contribution in [3.63, 3.8) is 0 Å². The Labute approximate surface area is 140 Å². The van der Waals surface area contributed by atoms with Crippen molar-refractivity contribution < 1.29 is 0 Å². The summed E-state index contributed by atoms with van der Waals surface area (Å²) in [4.78, 5) is 4.17. The lowest BCUT2D eigenvalue weighted by atomic mass is 9.86. The number of nitrogens with zero attached hydrogens (tertiary/aromatic N) is 2. The maximum atomic E-state index is 6.12. The van der Waals surface area contributed by atoms with Crippen LogP contribution in [-0.4, -0.2) is 10.7 Å². The van der Waals surface area contributed by atoms with Crippen LogP contribution in [0, 0.1) is 13.8 Å². The number of aromatic nitrogens is 1. The van der Waals surface area contributed by atoms with Crippen LogP contribution in [0.3, 0.4) is 0 Å². The molecule has 1 N–H and O–H groups in total. The third kappa shape index (κ3) is 3.11. The van der Waals surface area contributed by atoms with Crippen molar-refractivity contribution in [3.8, 4) is 0 Å². The minimum atomic E-state index is 0.466. The third-order valence-corrected chi connectivity index (χ3v) is 4.37. The van der Waals surface area contributed by atoms with Gasteiger partial charge < -0.3 is 0 Å². The molecule has 22 heavy (non-hydrogen) atoms. The first kappa shape index (κ1) is 15.3. The van der Waals surface area contributed by atoms with E-state index in [0.29, 0.717) is 15.9 Å². The Kier molecular flexibility index (Phi) is 4.37. The minimum Gasteiger partial charge on any atom is -0.260 e. The fourth-order valence-electron chi connectivity index (χ4n) is 2.89. The summed E-state index contributed by atoms with van der Waals surface area (Å²) < 4.78 is 0. The molecular weight excluding hydrogens is 317 g/mol. The van der Waals surface area contributed by atoms with Crippen LogP contribution in [0.15, 0.2) is 29.5 Å². The first-order valence-electron chi connectivity index (χ1n) is 7.28. The van der Waals surface area contributed by atoms with Gasteiger partial charge in [-0.2, -0.15) is 5.10 Å². The highest BCUT2D eigenvalue weighted by Gasteiger charge is 2.18. The summed E-state index contributed by atoms with van der Waals surface area (Å²) in [5, 5.41) is 5.52. The van der Waals surface area contributed by atoms with Gasteiger partial charge in [-0.25, -0.2) is 4.98 Å². The Morgan fingerprint density at radius 1 is 1.14 bits per heavy atom. The van der Waals surface area contributed by atoms with Crippen molar-refractivity contribution in [3.05, 3.63) is 56.7 Å². The Hall–Kier alpha value is -1.58. The molecule has 0 bridgehead atoms. The van der Waals surface area contributed by atoms with Crippen LogP contribution in [0.1, 0.15) is 35.1 Å². The summed E-state index contributed by atoms with van der Waals surface area (Å²) in [6, 6.07) is 6.09. The van der Waals surface area contributed by atoms with Crippen LogP contribution >= 0.6 is 23.2 Å². The van der Waals surface area contributed by atoms with E-state index in [0.717, 1.165) is 25.0 Å². The lowest BCUT2D eigenvalue weighted by Gasteiger charge is -2.21. The van der Waals surface area contributed by atoms with E-state index >= 15 is 0 Å². The van der Waals surface area contributed by atoms with Crippen molar-refractivity contribution in [2.24, 2.45) is 5.10 Å². The molecule has 0 saturated heterocycles. The van der Waals surface area contributed by atoms with Crippen molar-refractivity contribution >= 4 is 34.7 Å². The maximum Gasteiger partial charge on any atom is 0.165 e. The van der Waals surface area contributed by atoms with Gasteiger partial charge in [0.15, 0.2) is 5.82 Å². The number of halogens is 2. The van der Waals surface area contributed by atoms with Crippen molar-refractivity contribution in [1.29, 1.82) is 0 Å². The number of hydrogen-bond acceptors (Lipinski definition) is 3. The van der Waals surface area contributed by atoms with E-state index in [9.17, 15) is 0 Å². The highest BCUT2D eigenvalue weighted by atomic mass is 35.5. The van der Waals surface area contributed by atoms with Gasteiger partial charge in [-0.3, -0.25) is 5.43 Å². The third-order valence-electron chi connectivity index (χ3n) is 3.87. The first-order chi connectivity index (χ1) is 10.5. The molecule has 5 heteroatoms. The maximum absolute atomic E-state index is 6.12. The fraction of sp³-hybridized carbons (Fsp3) is 0.294. The zero-order valence-corrected chi connectivity index (χ0v) is 14.1. The molecule has 3 rings (SSSR count). The van der Waals surface area contributed by atoms with E-state index in [4.69, 9.17) is 23.2 Å². The predicted octanol–water partition coefficient (Wildman–Crippen LogP) is 5.16. The lowest BCUT2D eigenvalue weighted by molar-refractivity contribution is 0.829. The van der Waals surface area contributed by atoms with E-state index in [1.165, 1.54) is 22.3 Å². The molecule has 1 aliphatic carbocycles. The second kappa shape index (κ2) is 6.27. The molecule has 0 spiro atoms. The zero-order chi connectivity index (χ0) is 15.7. The Balaban J connectivity index is 1.93. The Morgan fingerprint density at radius 3 is 2.73 bits per heavy atom. The molecule has 114 valence electrons. The van der Waals surface area contributed by atoms with Gasteiger partial charge in [0.05, 0.1) is 15.8 Å². The molecule has 0 fully saturated rings. The smallest absolute Gasteiger partial charge is 0.165 e. The van der Waals surface area contributed by atoms with E-state index in [-0.39, 0.29) is 0 Å². The summed E-state index contributed by atoms with van der Waals surface area (Å²) in [6.45, 7) is 4.28. The molecule has 0 saturated carbocycles. The summed E-state index contributed by atoms with van der Waals surface area (Å²) >= 11 is 12.0. The van der Waals surface area contributed by atoms with Crippen LogP contribution in [-0.2, 0) is 6.42 Å². The Bertz CT molecular complexity index is 754. The second-order valence-corrected chi connectivity index (χ2v) is 6.46. The normalized spacial score (nSPS) is 15.7. The van der Waals surface area contributed by atoms with Crippen LogP contribution in [0.5, 0.6) is 0 Å². The number of benzene rings is 1. The largest absolute Gasteiger partial charge is 0.260 e. The van der Waals surface area contributed by atoms with Gasteiger partial charge in [-0.05, 0) is 56.4 Å². The van der Waals surface area contributed by atoms with Crippen molar-refractivity contribution in [1.82, 2.24) is 4.98 Å². The van der Waals surface area contributed by atoms with Crippen molar-refractivity contribution in [2.45, 2.75) is 33.1 Å². The quantitative estimate of drug-likeness (QED) is 0.771. The molecule has 3 nitrogen and oxygen atoms in total. The number of fused-ring (bicyclic) bond motifs is 1. The van der Waals surface area contributed by atoms with Gasteiger partial charge in [0.2, 0.25) is 0 Å². The van der Waals surface area contributed by atoms with E-state index in [1.807, 2.05) is 0 Å². The molecule has 1 aliphatic rings. The number of hydrazone groups is 1.